The molecule has 0 fully saturated rings. The Balaban J connectivity index is 2.18. The highest BCUT2D eigenvalue weighted by molar-refractivity contribution is 5.80. The topological polar surface area (TPSA) is 101 Å². The van der Waals surface area contributed by atoms with Crippen LogP contribution in [0.1, 0.15) is 11.4 Å². The maximum absolute atomic E-state index is 8.41. The molecular formula is C10H17N7. The van der Waals surface area contributed by atoms with E-state index in [1.54, 1.807) is 7.05 Å². The molecule has 0 atom stereocenters. The highest BCUT2D eigenvalue weighted by Gasteiger charge is 1.96. The minimum Gasteiger partial charge on any atom is -0.359 e. The number of hydrogen-bond donors (Lipinski definition) is 4. The van der Waals surface area contributed by atoms with Crippen LogP contribution in [-0.4, -0.2) is 36.3 Å². The molecule has 0 aliphatic heterocycles. The molecule has 0 unspecified atom stereocenters. The molecule has 1 aromatic heterocycles. The van der Waals surface area contributed by atoms with Crippen molar-refractivity contribution >= 4 is 5.96 Å². The Morgan fingerprint density at radius 1 is 1.65 bits per heavy atom. The van der Waals surface area contributed by atoms with Crippen LogP contribution >= 0.6 is 0 Å². The van der Waals surface area contributed by atoms with E-state index in [0.29, 0.717) is 19.0 Å². The van der Waals surface area contributed by atoms with Crippen molar-refractivity contribution in [3.8, 4) is 6.19 Å². The van der Waals surface area contributed by atoms with Crippen LogP contribution < -0.4 is 16.0 Å². The summed E-state index contributed by atoms with van der Waals surface area (Å²) in [5, 5.41) is 23.8. The smallest absolute Gasteiger partial charge is 0.204 e. The summed E-state index contributed by atoms with van der Waals surface area (Å²) in [6.45, 7) is 3.99. The van der Waals surface area contributed by atoms with Crippen molar-refractivity contribution in [2.24, 2.45) is 4.99 Å². The second-order valence-corrected chi connectivity index (χ2v) is 3.44. The molecule has 0 bridgehead atoms. The van der Waals surface area contributed by atoms with Crippen LogP contribution in [0.2, 0.25) is 0 Å². The first-order chi connectivity index (χ1) is 8.26. The van der Waals surface area contributed by atoms with Gasteiger partial charge in [0.1, 0.15) is 0 Å². The number of aromatic nitrogens is 2. The molecule has 92 valence electrons. The van der Waals surface area contributed by atoms with Crippen molar-refractivity contribution in [2.75, 3.05) is 20.1 Å². The third-order valence-corrected chi connectivity index (χ3v) is 2.03. The van der Waals surface area contributed by atoms with Gasteiger partial charge in [-0.15, -0.1) is 0 Å². The van der Waals surface area contributed by atoms with Gasteiger partial charge in [-0.2, -0.15) is 10.4 Å². The van der Waals surface area contributed by atoms with Crippen molar-refractivity contribution in [1.82, 2.24) is 26.1 Å². The molecule has 0 aromatic carbocycles. The van der Waals surface area contributed by atoms with Crippen LogP contribution in [0.15, 0.2) is 11.1 Å². The molecule has 1 rings (SSSR count). The Kier molecular flexibility index (Phi) is 5.54. The Morgan fingerprint density at radius 2 is 2.47 bits per heavy atom. The summed E-state index contributed by atoms with van der Waals surface area (Å²) in [5.74, 6) is 0.477. The predicted molar refractivity (Wildman–Crippen MR) is 65.1 cm³/mol. The van der Waals surface area contributed by atoms with Gasteiger partial charge in [0, 0.05) is 25.8 Å². The van der Waals surface area contributed by atoms with Crippen LogP contribution in [-0.2, 0) is 6.54 Å². The molecule has 0 spiro atoms. The molecule has 17 heavy (non-hydrogen) atoms. The van der Waals surface area contributed by atoms with Crippen molar-refractivity contribution in [3.63, 3.8) is 0 Å². The third-order valence-electron chi connectivity index (χ3n) is 2.03. The number of rotatable bonds is 5. The van der Waals surface area contributed by atoms with Crippen molar-refractivity contribution in [3.05, 3.63) is 17.5 Å². The maximum Gasteiger partial charge on any atom is 0.204 e. The highest BCUT2D eigenvalue weighted by atomic mass is 15.2. The fraction of sp³-hybridized carbons (Fsp3) is 0.500. The average Bonchev–Trinajstić information content (AvgIpc) is 2.73. The summed E-state index contributed by atoms with van der Waals surface area (Å²) in [6, 6.07) is 1.99. The molecular weight excluding hydrogens is 218 g/mol. The van der Waals surface area contributed by atoms with E-state index in [9.17, 15) is 0 Å². The lowest BCUT2D eigenvalue weighted by molar-refractivity contribution is 0.679. The third kappa shape index (κ3) is 4.99. The predicted octanol–water partition coefficient (Wildman–Crippen LogP) is -0.546. The van der Waals surface area contributed by atoms with Crippen molar-refractivity contribution in [2.45, 2.75) is 13.5 Å². The van der Waals surface area contributed by atoms with Crippen LogP contribution in [0.5, 0.6) is 0 Å². The number of nitriles is 1. The standard InChI is InChI=1S/C10H17N7/c1-8-5-9(17-16-8)6-13-3-4-14-10(12-2)15-7-11/h5,13H,3-4,6H2,1-2H3,(H,16,17)(H2,12,14,15). The zero-order chi connectivity index (χ0) is 12.5. The average molecular weight is 235 g/mol. The van der Waals surface area contributed by atoms with E-state index in [4.69, 9.17) is 5.26 Å². The van der Waals surface area contributed by atoms with E-state index in [-0.39, 0.29) is 0 Å². The Bertz CT molecular complexity index is 401. The number of aryl methyl sites for hydroxylation is 1. The van der Waals surface area contributed by atoms with Crippen LogP contribution in [0.4, 0.5) is 0 Å². The number of nitrogens with zero attached hydrogens (tertiary/aromatic N) is 3. The fourth-order valence-electron chi connectivity index (χ4n) is 1.26. The van der Waals surface area contributed by atoms with Crippen LogP contribution in [0, 0.1) is 18.4 Å². The van der Waals surface area contributed by atoms with E-state index in [1.807, 2.05) is 19.2 Å². The van der Waals surface area contributed by atoms with Gasteiger partial charge in [-0.1, -0.05) is 0 Å². The number of aromatic amines is 1. The first-order valence-electron chi connectivity index (χ1n) is 5.35. The number of nitrogens with one attached hydrogen (secondary N) is 4. The van der Waals surface area contributed by atoms with Crippen molar-refractivity contribution < 1.29 is 0 Å². The number of aliphatic imine (C=N–C) groups is 1. The number of H-pyrrole nitrogens is 1. The highest BCUT2D eigenvalue weighted by Crippen LogP contribution is 1.95. The molecule has 0 saturated heterocycles. The van der Waals surface area contributed by atoms with E-state index in [1.165, 1.54) is 0 Å². The first kappa shape index (κ1) is 13.0. The van der Waals surface area contributed by atoms with Gasteiger partial charge in [0.2, 0.25) is 5.96 Å². The molecule has 0 amide bonds. The van der Waals surface area contributed by atoms with Gasteiger partial charge >= 0.3 is 0 Å². The zero-order valence-corrected chi connectivity index (χ0v) is 10.0. The van der Waals surface area contributed by atoms with Gasteiger partial charge in [-0.3, -0.25) is 15.4 Å². The molecule has 0 saturated carbocycles. The number of hydrogen-bond acceptors (Lipinski definition) is 4. The molecule has 7 heteroatoms. The van der Waals surface area contributed by atoms with Gasteiger partial charge in [-0.05, 0) is 13.0 Å². The van der Waals surface area contributed by atoms with Gasteiger partial charge in [0.25, 0.3) is 0 Å². The summed E-state index contributed by atoms with van der Waals surface area (Å²) < 4.78 is 0. The quantitative estimate of drug-likeness (QED) is 0.180. The van der Waals surface area contributed by atoms with E-state index < -0.39 is 0 Å². The molecule has 7 nitrogen and oxygen atoms in total. The first-order valence-corrected chi connectivity index (χ1v) is 5.35. The van der Waals surface area contributed by atoms with Crippen LogP contribution in [0.25, 0.3) is 0 Å². The summed E-state index contributed by atoms with van der Waals surface area (Å²) >= 11 is 0. The van der Waals surface area contributed by atoms with Gasteiger partial charge in [0.05, 0.1) is 12.2 Å². The lowest BCUT2D eigenvalue weighted by Crippen LogP contribution is -2.32. The lowest BCUT2D eigenvalue weighted by Gasteiger charge is -2.03. The molecule has 0 aliphatic rings. The molecule has 1 heterocycles. The molecule has 0 aliphatic carbocycles. The second kappa shape index (κ2) is 7.24. The van der Waals surface area contributed by atoms with E-state index in [0.717, 1.165) is 17.9 Å². The van der Waals surface area contributed by atoms with Crippen molar-refractivity contribution in [1.29, 1.82) is 5.26 Å². The zero-order valence-electron chi connectivity index (χ0n) is 10.0. The Labute approximate surface area is 100 Å². The number of guanidine groups is 1. The van der Waals surface area contributed by atoms with E-state index >= 15 is 0 Å². The largest absolute Gasteiger partial charge is 0.359 e. The second-order valence-electron chi connectivity index (χ2n) is 3.44. The normalized spacial score (nSPS) is 11.0. The van der Waals surface area contributed by atoms with Gasteiger partial charge < -0.3 is 10.6 Å². The Morgan fingerprint density at radius 3 is 3.06 bits per heavy atom. The summed E-state index contributed by atoms with van der Waals surface area (Å²) in [6.07, 6.45) is 1.81. The minimum atomic E-state index is 0.477. The Hall–Kier alpha value is -2.07. The maximum atomic E-state index is 8.41. The fourth-order valence-corrected chi connectivity index (χ4v) is 1.26. The SMILES string of the molecule is CN/C(=N/CCNCc1cc(C)[nH]n1)NC#N. The van der Waals surface area contributed by atoms with E-state index in [2.05, 4.69) is 31.1 Å². The summed E-state index contributed by atoms with van der Waals surface area (Å²) in [5.41, 5.74) is 2.03. The molecule has 0 radical (unpaired) electrons. The monoisotopic (exact) mass is 235 g/mol. The lowest BCUT2D eigenvalue weighted by atomic mass is 10.4. The summed E-state index contributed by atoms with van der Waals surface area (Å²) in [4.78, 5) is 4.15. The summed E-state index contributed by atoms with van der Waals surface area (Å²) in [7, 11) is 1.71. The molecule has 1 aromatic rings. The molecule has 4 N–H and O–H groups in total. The van der Waals surface area contributed by atoms with Gasteiger partial charge in [0.15, 0.2) is 6.19 Å². The van der Waals surface area contributed by atoms with Crippen LogP contribution in [0.3, 0.4) is 0 Å². The minimum absolute atomic E-state index is 0.477. The van der Waals surface area contributed by atoms with Gasteiger partial charge in [-0.25, -0.2) is 0 Å².